The maximum Gasteiger partial charge on any atom is 0.416 e. The molecule has 4 rings (SSSR count). The molecule has 0 radical (unpaired) electrons. The van der Waals surface area contributed by atoms with E-state index in [1.54, 1.807) is 0 Å². The van der Waals surface area contributed by atoms with E-state index in [4.69, 9.17) is 0 Å². The van der Waals surface area contributed by atoms with Crippen LogP contribution in [0.25, 0.3) is 0 Å². The zero-order chi connectivity index (χ0) is 25.4. The summed E-state index contributed by atoms with van der Waals surface area (Å²) in [7, 11) is 0. The average molecular weight is 489 g/mol. The van der Waals surface area contributed by atoms with E-state index in [0.29, 0.717) is 0 Å². The maximum atomic E-state index is 12.8. The Labute approximate surface area is 206 Å². The highest BCUT2D eigenvalue weighted by atomic mass is 19.4. The van der Waals surface area contributed by atoms with Gasteiger partial charge >= 0.3 is 6.18 Å². The molecule has 182 valence electrons. The maximum absolute atomic E-state index is 12.8. The molecule has 0 unspecified atom stereocenters. The summed E-state index contributed by atoms with van der Waals surface area (Å²) >= 11 is 0. The Morgan fingerprint density at radius 2 is 1.36 bits per heavy atom. The number of amides is 1. The number of halogens is 3. The number of hydrogen-bond acceptors (Lipinski definition) is 4. The van der Waals surface area contributed by atoms with Gasteiger partial charge in [0.2, 0.25) is 0 Å². The van der Waals surface area contributed by atoms with Gasteiger partial charge in [0.1, 0.15) is 0 Å². The second-order valence-electron chi connectivity index (χ2n) is 7.82. The van der Waals surface area contributed by atoms with Gasteiger partial charge in [0.05, 0.1) is 18.3 Å². The van der Waals surface area contributed by atoms with Gasteiger partial charge in [0.25, 0.3) is 5.91 Å². The molecular formula is C28H23F3N4O. The Hall–Kier alpha value is -4.59. The van der Waals surface area contributed by atoms with Crippen molar-refractivity contribution in [2.24, 2.45) is 5.10 Å². The van der Waals surface area contributed by atoms with Crippen LogP contribution in [-0.4, -0.2) is 18.7 Å². The highest BCUT2D eigenvalue weighted by Crippen LogP contribution is 2.34. The Bertz CT molecular complexity index is 1270. The molecule has 0 aromatic heterocycles. The van der Waals surface area contributed by atoms with Gasteiger partial charge in [-0.25, -0.2) is 5.43 Å². The lowest BCUT2D eigenvalue weighted by Crippen LogP contribution is -2.26. The predicted molar refractivity (Wildman–Crippen MR) is 137 cm³/mol. The summed E-state index contributed by atoms with van der Waals surface area (Å²) in [5, 5.41) is 6.61. The fourth-order valence-electron chi connectivity index (χ4n) is 3.52. The summed E-state index contributed by atoms with van der Waals surface area (Å²) in [4.78, 5) is 14.2. The van der Waals surface area contributed by atoms with Gasteiger partial charge in [-0.3, -0.25) is 4.79 Å². The van der Waals surface area contributed by atoms with Gasteiger partial charge < -0.3 is 10.2 Å². The topological polar surface area (TPSA) is 56.7 Å². The highest BCUT2D eigenvalue weighted by Gasteiger charge is 2.30. The Morgan fingerprint density at radius 1 is 0.778 bits per heavy atom. The first-order valence-corrected chi connectivity index (χ1v) is 11.1. The van der Waals surface area contributed by atoms with Crippen LogP contribution < -0.4 is 15.6 Å². The molecule has 0 saturated carbocycles. The van der Waals surface area contributed by atoms with Crippen molar-refractivity contribution in [3.8, 4) is 0 Å². The van der Waals surface area contributed by atoms with Crippen LogP contribution in [0.1, 0.15) is 11.1 Å². The second kappa shape index (κ2) is 11.2. The van der Waals surface area contributed by atoms with Crippen LogP contribution in [0.15, 0.2) is 114 Å². The third kappa shape index (κ3) is 6.50. The number of alkyl halides is 3. The van der Waals surface area contributed by atoms with E-state index < -0.39 is 17.6 Å². The van der Waals surface area contributed by atoms with Crippen LogP contribution in [0.5, 0.6) is 0 Å². The van der Waals surface area contributed by atoms with Crippen LogP contribution in [0.2, 0.25) is 0 Å². The SMILES string of the molecule is O=C(CNc1cccc(C(F)(F)F)c1)NN=Cc1ccc(N(c2ccccc2)c2ccccc2)cc1. The molecule has 0 spiro atoms. The molecule has 2 N–H and O–H groups in total. The molecule has 0 aliphatic heterocycles. The van der Waals surface area contributed by atoms with E-state index in [1.807, 2.05) is 84.9 Å². The van der Waals surface area contributed by atoms with Crippen molar-refractivity contribution >= 4 is 34.9 Å². The Balaban J connectivity index is 1.37. The van der Waals surface area contributed by atoms with Crippen molar-refractivity contribution in [3.63, 3.8) is 0 Å². The molecular weight excluding hydrogens is 465 g/mol. The van der Waals surface area contributed by atoms with Gasteiger partial charge in [-0.05, 0) is 60.2 Å². The smallest absolute Gasteiger partial charge is 0.376 e. The van der Waals surface area contributed by atoms with Gasteiger partial charge in [-0.2, -0.15) is 18.3 Å². The summed E-state index contributed by atoms with van der Waals surface area (Å²) in [6.45, 7) is -0.222. The van der Waals surface area contributed by atoms with E-state index in [9.17, 15) is 18.0 Å². The number of nitrogens with one attached hydrogen (secondary N) is 2. The minimum Gasteiger partial charge on any atom is -0.376 e. The fraction of sp³-hybridized carbons (Fsp3) is 0.0714. The van der Waals surface area contributed by atoms with Crippen molar-refractivity contribution in [1.82, 2.24) is 5.43 Å². The van der Waals surface area contributed by atoms with Crippen LogP contribution in [0.4, 0.5) is 35.9 Å². The zero-order valence-corrected chi connectivity index (χ0v) is 19.1. The first-order valence-electron chi connectivity index (χ1n) is 11.1. The molecule has 4 aromatic carbocycles. The van der Waals surface area contributed by atoms with E-state index in [0.717, 1.165) is 34.8 Å². The number of hydrogen-bond donors (Lipinski definition) is 2. The molecule has 1 amide bonds. The molecule has 0 saturated heterocycles. The van der Waals surface area contributed by atoms with Crippen molar-refractivity contribution in [3.05, 3.63) is 120 Å². The van der Waals surface area contributed by atoms with E-state index >= 15 is 0 Å². The third-order valence-electron chi connectivity index (χ3n) is 5.23. The quantitative estimate of drug-likeness (QED) is 0.213. The molecule has 0 fully saturated rings. The lowest BCUT2D eigenvalue weighted by Gasteiger charge is -2.25. The predicted octanol–water partition coefficient (Wildman–Crippen LogP) is 6.74. The van der Waals surface area contributed by atoms with Crippen LogP contribution in [-0.2, 0) is 11.0 Å². The first kappa shape index (κ1) is 24.5. The standard InChI is InChI=1S/C28H23F3N4O/c29-28(30,31)22-8-7-9-23(18-22)32-20-27(36)34-33-19-21-14-16-26(17-15-21)35(24-10-3-1-4-11-24)25-12-5-2-6-13-25/h1-19,32H,20H2,(H,34,36). The molecule has 8 heteroatoms. The van der Waals surface area contributed by atoms with Gasteiger partial charge in [-0.1, -0.05) is 54.6 Å². The van der Waals surface area contributed by atoms with Gasteiger partial charge in [-0.15, -0.1) is 0 Å². The largest absolute Gasteiger partial charge is 0.416 e. The molecule has 36 heavy (non-hydrogen) atoms. The number of rotatable bonds is 8. The molecule has 5 nitrogen and oxygen atoms in total. The summed E-state index contributed by atoms with van der Waals surface area (Å²) in [6.07, 6.45) is -2.94. The lowest BCUT2D eigenvalue weighted by molar-refractivity contribution is -0.137. The molecule has 4 aromatic rings. The molecule has 0 heterocycles. The summed E-state index contributed by atoms with van der Waals surface area (Å²) in [5.74, 6) is -0.486. The number of anilines is 4. The minimum atomic E-state index is -4.45. The van der Waals surface area contributed by atoms with Crippen LogP contribution in [0.3, 0.4) is 0 Å². The van der Waals surface area contributed by atoms with Crippen LogP contribution in [0, 0.1) is 0 Å². The zero-order valence-electron chi connectivity index (χ0n) is 19.1. The van der Waals surface area contributed by atoms with Crippen molar-refractivity contribution in [2.45, 2.75) is 6.18 Å². The number of benzene rings is 4. The van der Waals surface area contributed by atoms with Gasteiger partial charge in [0.15, 0.2) is 0 Å². The second-order valence-corrected chi connectivity index (χ2v) is 7.82. The molecule has 0 aliphatic rings. The van der Waals surface area contributed by atoms with Crippen molar-refractivity contribution < 1.29 is 18.0 Å². The number of hydrazone groups is 1. The molecule has 0 aliphatic carbocycles. The average Bonchev–Trinajstić information content (AvgIpc) is 2.89. The van der Waals surface area contributed by atoms with E-state index in [2.05, 4.69) is 20.7 Å². The van der Waals surface area contributed by atoms with Crippen LogP contribution >= 0.6 is 0 Å². The lowest BCUT2D eigenvalue weighted by atomic mass is 10.1. The summed E-state index contributed by atoms with van der Waals surface area (Å²) in [5.41, 5.74) is 5.55. The fourth-order valence-corrected chi connectivity index (χ4v) is 3.52. The first-order chi connectivity index (χ1) is 17.4. The third-order valence-corrected chi connectivity index (χ3v) is 5.23. The normalized spacial score (nSPS) is 11.3. The minimum absolute atomic E-state index is 0.195. The summed E-state index contributed by atoms with van der Waals surface area (Å²) < 4.78 is 38.4. The van der Waals surface area contributed by atoms with Crippen molar-refractivity contribution in [1.29, 1.82) is 0 Å². The van der Waals surface area contributed by atoms with E-state index in [-0.39, 0.29) is 12.2 Å². The monoisotopic (exact) mass is 488 g/mol. The Kier molecular flexibility index (Phi) is 7.65. The molecule has 0 bridgehead atoms. The summed E-state index contributed by atoms with van der Waals surface area (Å²) in [6, 6.07) is 32.3. The number of carbonyl (C=O) groups is 1. The number of carbonyl (C=O) groups excluding carboxylic acids is 1. The van der Waals surface area contributed by atoms with E-state index in [1.165, 1.54) is 18.3 Å². The molecule has 0 atom stereocenters. The van der Waals surface area contributed by atoms with Crippen molar-refractivity contribution in [2.75, 3.05) is 16.8 Å². The Morgan fingerprint density at radius 3 is 1.94 bits per heavy atom. The van der Waals surface area contributed by atoms with Gasteiger partial charge in [0, 0.05) is 22.7 Å². The number of nitrogens with zero attached hydrogens (tertiary/aromatic N) is 2. The number of para-hydroxylation sites is 2. The highest BCUT2D eigenvalue weighted by molar-refractivity contribution is 5.85.